The highest BCUT2D eigenvalue weighted by atomic mass is 35.5. The molecule has 1 aliphatic rings. The molecule has 0 unspecified atom stereocenters. The number of imide groups is 1. The lowest BCUT2D eigenvalue weighted by molar-refractivity contribution is -0.123. The van der Waals surface area contributed by atoms with Crippen molar-refractivity contribution in [2.45, 2.75) is 13.2 Å². The number of carbonyl (C=O) groups excluding carboxylic acids is 2. The van der Waals surface area contributed by atoms with E-state index in [1.807, 2.05) is 42.5 Å². The van der Waals surface area contributed by atoms with Crippen molar-refractivity contribution < 1.29 is 14.3 Å². The van der Waals surface area contributed by atoms with Crippen LogP contribution in [0.5, 0.6) is 5.75 Å². The van der Waals surface area contributed by atoms with E-state index in [9.17, 15) is 9.59 Å². The maximum absolute atomic E-state index is 13.1. The van der Waals surface area contributed by atoms with E-state index in [4.69, 9.17) is 51.1 Å². The fraction of sp³-hybridized carbons (Fsp3) is 0.0714. The summed E-state index contributed by atoms with van der Waals surface area (Å²) in [6.45, 7) is 0.370. The van der Waals surface area contributed by atoms with Crippen molar-refractivity contribution in [1.29, 1.82) is 0 Å². The van der Waals surface area contributed by atoms with Crippen molar-refractivity contribution in [3.8, 4) is 5.75 Å². The van der Waals surface area contributed by atoms with E-state index >= 15 is 0 Å². The van der Waals surface area contributed by atoms with Gasteiger partial charge in [-0.2, -0.15) is 0 Å². The first-order valence-electron chi connectivity index (χ1n) is 11.1. The van der Waals surface area contributed by atoms with Gasteiger partial charge in [-0.05, 0) is 69.6 Å². The van der Waals surface area contributed by atoms with E-state index in [0.29, 0.717) is 26.3 Å². The Hall–Kier alpha value is -2.67. The van der Waals surface area contributed by atoms with Gasteiger partial charge in [0.05, 0.1) is 31.5 Å². The predicted molar refractivity (Wildman–Crippen MR) is 153 cm³/mol. The first-order chi connectivity index (χ1) is 17.8. The Morgan fingerprint density at radius 3 is 2.30 bits per heavy atom. The van der Waals surface area contributed by atoms with Crippen LogP contribution in [0.25, 0.3) is 16.8 Å². The molecule has 5 rings (SSSR count). The van der Waals surface area contributed by atoms with Gasteiger partial charge in [0, 0.05) is 0 Å². The fourth-order valence-corrected chi connectivity index (χ4v) is 5.75. The third-order valence-electron chi connectivity index (χ3n) is 5.77. The predicted octanol–water partition coefficient (Wildman–Crippen LogP) is 9.27. The Labute approximate surface area is 237 Å². The monoisotopic (exact) mass is 587 g/mol. The highest BCUT2D eigenvalue weighted by molar-refractivity contribution is 8.18. The standard InChI is InChI=1S/C28H17Cl4NO3S/c29-21-9-8-16(10-22(21)30)15-36-26-23(31)11-17(12-24(26)32)13-25-27(34)33(28(35)37-25)14-19-6-3-5-18-4-1-2-7-20(18)19/h1-13H,14-15H2/b25-13-. The first kappa shape index (κ1) is 26.0. The summed E-state index contributed by atoms with van der Waals surface area (Å²) in [6.07, 6.45) is 1.61. The Balaban J connectivity index is 1.34. The number of hydrogen-bond donors (Lipinski definition) is 0. The summed E-state index contributed by atoms with van der Waals surface area (Å²) in [5.74, 6) is -0.0641. The molecule has 0 N–H and O–H groups in total. The lowest BCUT2D eigenvalue weighted by atomic mass is 10.0. The number of nitrogens with zero attached hydrogens (tertiary/aromatic N) is 1. The lowest BCUT2D eigenvalue weighted by Crippen LogP contribution is -2.27. The normalized spacial score (nSPS) is 14.7. The minimum atomic E-state index is -0.366. The highest BCUT2D eigenvalue weighted by Crippen LogP contribution is 2.38. The fourth-order valence-electron chi connectivity index (χ4n) is 3.97. The minimum Gasteiger partial charge on any atom is -0.486 e. The molecule has 4 aromatic rings. The highest BCUT2D eigenvalue weighted by Gasteiger charge is 2.35. The van der Waals surface area contributed by atoms with E-state index < -0.39 is 0 Å². The van der Waals surface area contributed by atoms with Gasteiger partial charge in [0.15, 0.2) is 5.75 Å². The van der Waals surface area contributed by atoms with E-state index in [2.05, 4.69) is 0 Å². The van der Waals surface area contributed by atoms with Crippen LogP contribution in [-0.2, 0) is 17.9 Å². The van der Waals surface area contributed by atoms with Crippen molar-refractivity contribution in [2.75, 3.05) is 0 Å². The Morgan fingerprint density at radius 1 is 0.811 bits per heavy atom. The van der Waals surface area contributed by atoms with Gasteiger partial charge in [-0.3, -0.25) is 14.5 Å². The molecule has 2 amide bonds. The van der Waals surface area contributed by atoms with Crippen LogP contribution >= 0.6 is 58.2 Å². The van der Waals surface area contributed by atoms with Crippen LogP contribution in [0.2, 0.25) is 20.1 Å². The zero-order valence-electron chi connectivity index (χ0n) is 19.0. The van der Waals surface area contributed by atoms with Crippen LogP contribution in [-0.4, -0.2) is 16.0 Å². The third kappa shape index (κ3) is 5.62. The van der Waals surface area contributed by atoms with Gasteiger partial charge in [-0.25, -0.2) is 0 Å². The minimum absolute atomic E-state index is 0.183. The molecular weight excluding hydrogens is 572 g/mol. The van der Waals surface area contributed by atoms with Crippen molar-refractivity contribution in [1.82, 2.24) is 4.90 Å². The van der Waals surface area contributed by atoms with Crippen LogP contribution in [0.1, 0.15) is 16.7 Å². The van der Waals surface area contributed by atoms with Gasteiger partial charge >= 0.3 is 0 Å². The molecule has 9 heteroatoms. The second-order valence-electron chi connectivity index (χ2n) is 8.26. The average Bonchev–Trinajstić information content (AvgIpc) is 3.13. The van der Waals surface area contributed by atoms with Crippen molar-refractivity contribution in [3.63, 3.8) is 0 Å². The summed E-state index contributed by atoms with van der Waals surface area (Å²) in [6, 6.07) is 22.2. The van der Waals surface area contributed by atoms with Gasteiger partial charge in [0.25, 0.3) is 11.1 Å². The molecule has 186 valence electrons. The summed E-state index contributed by atoms with van der Waals surface area (Å²) >= 11 is 25.8. The van der Waals surface area contributed by atoms with E-state index in [0.717, 1.165) is 33.7 Å². The van der Waals surface area contributed by atoms with Crippen LogP contribution in [0.3, 0.4) is 0 Å². The molecule has 0 aromatic heterocycles. The molecule has 0 saturated carbocycles. The third-order valence-corrected chi connectivity index (χ3v) is 7.98. The summed E-state index contributed by atoms with van der Waals surface area (Å²) in [5, 5.41) is 3.14. The topological polar surface area (TPSA) is 46.6 Å². The van der Waals surface area contributed by atoms with Crippen molar-refractivity contribution in [2.24, 2.45) is 0 Å². The number of rotatable bonds is 6. The Morgan fingerprint density at radius 2 is 1.54 bits per heavy atom. The maximum atomic E-state index is 13.1. The number of halogens is 4. The average molecular weight is 589 g/mol. The van der Waals surface area contributed by atoms with E-state index in [1.54, 1.807) is 36.4 Å². The Kier molecular flexibility index (Phi) is 7.70. The molecule has 4 aromatic carbocycles. The number of fused-ring (bicyclic) bond motifs is 1. The van der Waals surface area contributed by atoms with Crippen molar-refractivity contribution >= 4 is 86.2 Å². The molecule has 37 heavy (non-hydrogen) atoms. The molecule has 0 bridgehead atoms. The molecule has 1 aliphatic heterocycles. The number of ether oxygens (including phenoxy) is 1. The largest absolute Gasteiger partial charge is 0.486 e. The molecular formula is C28H17Cl4NO3S. The molecule has 0 atom stereocenters. The second-order valence-corrected chi connectivity index (χ2v) is 10.9. The maximum Gasteiger partial charge on any atom is 0.293 e. The smallest absolute Gasteiger partial charge is 0.293 e. The molecule has 0 spiro atoms. The number of hydrogen-bond acceptors (Lipinski definition) is 4. The molecule has 0 radical (unpaired) electrons. The second kappa shape index (κ2) is 11.0. The summed E-state index contributed by atoms with van der Waals surface area (Å²) in [7, 11) is 0. The summed E-state index contributed by atoms with van der Waals surface area (Å²) in [5.41, 5.74) is 2.27. The van der Waals surface area contributed by atoms with Crippen molar-refractivity contribution in [3.05, 3.63) is 114 Å². The number of benzene rings is 4. The summed E-state index contributed by atoms with van der Waals surface area (Å²) in [4.78, 5) is 27.4. The lowest BCUT2D eigenvalue weighted by Gasteiger charge is -2.14. The quantitative estimate of drug-likeness (QED) is 0.211. The van der Waals surface area contributed by atoms with Gasteiger partial charge in [-0.15, -0.1) is 0 Å². The molecule has 1 saturated heterocycles. The van der Waals surface area contributed by atoms with Crippen LogP contribution in [0, 0.1) is 0 Å². The van der Waals surface area contributed by atoms with Gasteiger partial charge in [0.1, 0.15) is 6.61 Å². The van der Waals surface area contributed by atoms with E-state index in [1.165, 1.54) is 4.90 Å². The van der Waals surface area contributed by atoms with Crippen LogP contribution in [0.15, 0.2) is 77.7 Å². The SMILES string of the molecule is O=C1S/C(=C\c2cc(Cl)c(OCc3ccc(Cl)c(Cl)c3)c(Cl)c2)C(=O)N1Cc1cccc2ccccc12. The molecule has 1 heterocycles. The van der Waals surface area contributed by atoms with Gasteiger partial charge in [0.2, 0.25) is 0 Å². The molecule has 4 nitrogen and oxygen atoms in total. The number of carbonyl (C=O) groups is 2. The first-order valence-corrected chi connectivity index (χ1v) is 13.4. The summed E-state index contributed by atoms with van der Waals surface area (Å²) < 4.78 is 5.81. The van der Waals surface area contributed by atoms with Crippen LogP contribution < -0.4 is 4.74 Å². The zero-order valence-corrected chi connectivity index (χ0v) is 22.9. The van der Waals surface area contributed by atoms with Gasteiger partial charge in [-0.1, -0.05) is 94.9 Å². The molecule has 1 fully saturated rings. The number of thioether (sulfide) groups is 1. The molecule has 0 aliphatic carbocycles. The van der Waals surface area contributed by atoms with E-state index in [-0.39, 0.29) is 34.3 Å². The zero-order chi connectivity index (χ0) is 26.1. The number of amides is 2. The van der Waals surface area contributed by atoms with Crippen LogP contribution in [0.4, 0.5) is 4.79 Å². The Bertz CT molecular complexity index is 1560. The van der Waals surface area contributed by atoms with Gasteiger partial charge < -0.3 is 4.74 Å².